The molecule has 3 nitrogen and oxygen atoms in total. The van der Waals surface area contributed by atoms with Crippen LogP contribution in [-0.2, 0) is 9.47 Å². The minimum absolute atomic E-state index is 0. The van der Waals surface area contributed by atoms with Crippen molar-refractivity contribution in [2.75, 3.05) is 32.9 Å². The summed E-state index contributed by atoms with van der Waals surface area (Å²) in [6, 6.07) is 0. The summed E-state index contributed by atoms with van der Waals surface area (Å²) in [5, 5.41) is 3.39. The van der Waals surface area contributed by atoms with E-state index in [9.17, 15) is 0 Å². The molecule has 1 unspecified atom stereocenters. The van der Waals surface area contributed by atoms with Gasteiger partial charge in [-0.2, -0.15) is 0 Å². The van der Waals surface area contributed by atoms with Gasteiger partial charge in [0.2, 0.25) is 0 Å². The smallest absolute Gasteiger partial charge is 0.0809 e. The van der Waals surface area contributed by atoms with Crippen molar-refractivity contribution >= 4 is 12.4 Å². The first kappa shape index (κ1) is 14.2. The van der Waals surface area contributed by atoms with Gasteiger partial charge in [0.1, 0.15) is 0 Å². The second kappa shape index (κ2) is 8.29. The Labute approximate surface area is 105 Å². The van der Waals surface area contributed by atoms with Gasteiger partial charge in [-0.25, -0.2) is 0 Å². The largest absolute Gasteiger partial charge is 0.379 e. The fraction of sp³-hybridized carbons (Fsp3) is 1.00. The van der Waals surface area contributed by atoms with Gasteiger partial charge in [0.15, 0.2) is 0 Å². The van der Waals surface area contributed by atoms with Crippen LogP contribution >= 0.6 is 12.4 Å². The first-order chi connectivity index (χ1) is 7.45. The Balaban J connectivity index is 0.00000128. The van der Waals surface area contributed by atoms with Crippen molar-refractivity contribution in [1.82, 2.24) is 5.32 Å². The molecule has 16 heavy (non-hydrogen) atoms. The molecule has 2 saturated heterocycles. The summed E-state index contributed by atoms with van der Waals surface area (Å²) < 4.78 is 11.2. The Hall–Kier alpha value is 0.170. The van der Waals surface area contributed by atoms with E-state index in [0.29, 0.717) is 6.10 Å². The molecule has 0 aromatic rings. The van der Waals surface area contributed by atoms with Crippen LogP contribution in [0.4, 0.5) is 0 Å². The maximum absolute atomic E-state index is 5.67. The topological polar surface area (TPSA) is 30.5 Å². The average Bonchev–Trinajstić information content (AvgIpc) is 2.79. The molecule has 0 aliphatic carbocycles. The molecule has 0 bridgehead atoms. The van der Waals surface area contributed by atoms with E-state index in [4.69, 9.17) is 9.47 Å². The zero-order valence-corrected chi connectivity index (χ0v) is 10.8. The zero-order valence-electron chi connectivity index (χ0n) is 9.95. The van der Waals surface area contributed by atoms with Gasteiger partial charge in [-0.3, -0.25) is 0 Å². The van der Waals surface area contributed by atoms with Crippen molar-refractivity contribution in [3.8, 4) is 0 Å². The third-order valence-corrected chi connectivity index (χ3v) is 3.46. The Bertz CT molecular complexity index is 168. The highest BCUT2D eigenvalue weighted by Gasteiger charge is 2.16. The molecule has 2 heterocycles. The molecule has 0 radical (unpaired) electrons. The second-order valence-electron chi connectivity index (χ2n) is 4.69. The molecular formula is C12H24ClNO2. The van der Waals surface area contributed by atoms with E-state index >= 15 is 0 Å². The SMILES string of the molecule is C1COC(COCCC2CCNCC2)C1.Cl. The molecule has 1 atom stereocenters. The molecule has 96 valence electrons. The predicted molar refractivity (Wildman–Crippen MR) is 67.3 cm³/mol. The van der Waals surface area contributed by atoms with Gasteiger partial charge in [0.25, 0.3) is 0 Å². The second-order valence-corrected chi connectivity index (χ2v) is 4.69. The lowest BCUT2D eigenvalue weighted by Crippen LogP contribution is -2.28. The van der Waals surface area contributed by atoms with Gasteiger partial charge in [-0.15, -0.1) is 12.4 Å². The number of ether oxygens (including phenoxy) is 2. The Kier molecular flexibility index (Phi) is 7.37. The average molecular weight is 250 g/mol. The summed E-state index contributed by atoms with van der Waals surface area (Å²) in [5.41, 5.74) is 0. The number of hydrogen-bond acceptors (Lipinski definition) is 3. The Morgan fingerprint density at radius 1 is 1.19 bits per heavy atom. The van der Waals surface area contributed by atoms with Crippen molar-refractivity contribution in [1.29, 1.82) is 0 Å². The van der Waals surface area contributed by atoms with Crippen LogP contribution in [0.5, 0.6) is 0 Å². The molecule has 0 saturated carbocycles. The molecule has 4 heteroatoms. The molecule has 2 fully saturated rings. The molecule has 0 amide bonds. The first-order valence-electron chi connectivity index (χ1n) is 6.35. The van der Waals surface area contributed by atoms with E-state index in [1.54, 1.807) is 0 Å². The third kappa shape index (κ3) is 5.00. The van der Waals surface area contributed by atoms with Crippen molar-refractivity contribution < 1.29 is 9.47 Å². The van der Waals surface area contributed by atoms with E-state index < -0.39 is 0 Å². The van der Waals surface area contributed by atoms with Crippen LogP contribution in [0.15, 0.2) is 0 Å². The van der Waals surface area contributed by atoms with Crippen LogP contribution in [-0.4, -0.2) is 39.0 Å². The lowest BCUT2D eigenvalue weighted by molar-refractivity contribution is 0.0123. The Morgan fingerprint density at radius 2 is 2.00 bits per heavy atom. The lowest BCUT2D eigenvalue weighted by Gasteiger charge is -2.22. The molecule has 0 spiro atoms. The first-order valence-corrected chi connectivity index (χ1v) is 6.35. The molecule has 1 N–H and O–H groups in total. The molecule has 0 aromatic carbocycles. The van der Waals surface area contributed by atoms with Crippen LogP contribution in [0.25, 0.3) is 0 Å². The van der Waals surface area contributed by atoms with Crippen molar-refractivity contribution in [3.63, 3.8) is 0 Å². The van der Waals surface area contributed by atoms with Crippen LogP contribution in [0.1, 0.15) is 32.1 Å². The fourth-order valence-electron chi connectivity index (χ4n) is 2.41. The van der Waals surface area contributed by atoms with E-state index in [1.165, 1.54) is 45.2 Å². The number of hydrogen-bond donors (Lipinski definition) is 1. The lowest BCUT2D eigenvalue weighted by atomic mass is 9.95. The highest BCUT2D eigenvalue weighted by molar-refractivity contribution is 5.85. The van der Waals surface area contributed by atoms with Gasteiger partial charge < -0.3 is 14.8 Å². The number of halogens is 1. The molecular weight excluding hydrogens is 226 g/mol. The van der Waals surface area contributed by atoms with Crippen LogP contribution < -0.4 is 5.32 Å². The van der Waals surface area contributed by atoms with Crippen LogP contribution in [0.2, 0.25) is 0 Å². The number of nitrogens with one attached hydrogen (secondary N) is 1. The normalized spacial score (nSPS) is 26.6. The van der Waals surface area contributed by atoms with Crippen molar-refractivity contribution in [2.45, 2.75) is 38.2 Å². The number of rotatable bonds is 5. The highest BCUT2D eigenvalue weighted by Crippen LogP contribution is 2.16. The van der Waals surface area contributed by atoms with E-state index in [1.807, 2.05) is 0 Å². The van der Waals surface area contributed by atoms with Crippen LogP contribution in [0, 0.1) is 5.92 Å². The fourth-order valence-corrected chi connectivity index (χ4v) is 2.41. The summed E-state index contributed by atoms with van der Waals surface area (Å²) in [6.45, 7) is 5.05. The quantitative estimate of drug-likeness (QED) is 0.756. The molecule has 2 aliphatic heterocycles. The summed E-state index contributed by atoms with van der Waals surface area (Å²) in [6.07, 6.45) is 6.66. The zero-order chi connectivity index (χ0) is 10.3. The summed E-state index contributed by atoms with van der Waals surface area (Å²) in [7, 11) is 0. The van der Waals surface area contributed by atoms with Gasteiger partial charge in [0.05, 0.1) is 12.7 Å². The van der Waals surface area contributed by atoms with E-state index in [0.717, 1.165) is 25.7 Å². The highest BCUT2D eigenvalue weighted by atomic mass is 35.5. The Morgan fingerprint density at radius 3 is 2.69 bits per heavy atom. The summed E-state index contributed by atoms with van der Waals surface area (Å²) in [4.78, 5) is 0. The van der Waals surface area contributed by atoms with Gasteiger partial charge in [0, 0.05) is 13.2 Å². The summed E-state index contributed by atoms with van der Waals surface area (Å²) >= 11 is 0. The molecule has 0 aromatic heterocycles. The van der Waals surface area contributed by atoms with Gasteiger partial charge in [-0.05, 0) is 51.1 Å². The predicted octanol–water partition coefficient (Wildman–Crippen LogP) is 1.99. The maximum Gasteiger partial charge on any atom is 0.0809 e. The van der Waals surface area contributed by atoms with Crippen molar-refractivity contribution in [2.24, 2.45) is 5.92 Å². The maximum atomic E-state index is 5.67. The minimum atomic E-state index is 0. The molecule has 2 rings (SSSR count). The van der Waals surface area contributed by atoms with E-state index in [2.05, 4.69) is 5.32 Å². The van der Waals surface area contributed by atoms with Gasteiger partial charge in [-0.1, -0.05) is 0 Å². The summed E-state index contributed by atoms with van der Waals surface area (Å²) in [5.74, 6) is 0.885. The van der Waals surface area contributed by atoms with Gasteiger partial charge >= 0.3 is 0 Å². The van der Waals surface area contributed by atoms with Crippen molar-refractivity contribution in [3.05, 3.63) is 0 Å². The monoisotopic (exact) mass is 249 g/mol. The van der Waals surface area contributed by atoms with Crippen LogP contribution in [0.3, 0.4) is 0 Å². The standard InChI is InChI=1S/C12H23NO2.ClH/c1-2-12(15-8-1)10-14-9-5-11-3-6-13-7-4-11;/h11-13H,1-10H2;1H. The minimum Gasteiger partial charge on any atom is -0.379 e. The number of piperidine rings is 1. The van der Waals surface area contributed by atoms with E-state index in [-0.39, 0.29) is 12.4 Å². The molecule has 2 aliphatic rings. The third-order valence-electron chi connectivity index (χ3n) is 3.46.